The topological polar surface area (TPSA) is 101 Å². The Balaban J connectivity index is 1.58. The molecular weight excluding hydrogens is 392 g/mol. The van der Waals surface area contributed by atoms with E-state index >= 15 is 0 Å². The molecule has 6 atom stereocenters. The molecule has 4 rings (SSSR count). The minimum atomic E-state index is -1.43. The highest BCUT2D eigenvalue weighted by molar-refractivity contribution is 5.89. The summed E-state index contributed by atoms with van der Waals surface area (Å²) in [6.07, 6.45) is -6.11. The Morgan fingerprint density at radius 3 is 2.30 bits per heavy atom. The second-order valence-corrected chi connectivity index (χ2v) is 7.06. The zero-order chi connectivity index (χ0) is 21.1. The molecule has 2 aromatic carbocycles. The third-order valence-corrected chi connectivity index (χ3v) is 4.91. The average Bonchev–Trinajstić information content (AvgIpc) is 2.77. The van der Waals surface area contributed by atoms with Crippen molar-refractivity contribution in [3.63, 3.8) is 0 Å². The summed E-state index contributed by atoms with van der Waals surface area (Å²) in [6, 6.07) is 17.7. The molecule has 8 heteroatoms. The maximum Gasteiger partial charge on any atom is 0.338 e. The second kappa shape index (κ2) is 8.93. The molecule has 2 fully saturated rings. The normalized spacial score (nSPS) is 30.7. The molecule has 0 bridgehead atoms. The fraction of sp³-hybridized carbons (Fsp3) is 0.364. The summed E-state index contributed by atoms with van der Waals surface area (Å²) in [5.41, 5.74) is 1.10. The van der Waals surface area contributed by atoms with Gasteiger partial charge in [0.2, 0.25) is 6.29 Å². The molecule has 0 amide bonds. The lowest BCUT2D eigenvalue weighted by atomic mass is 9.97. The number of rotatable bonds is 4. The summed E-state index contributed by atoms with van der Waals surface area (Å²) < 4.78 is 28.1. The van der Waals surface area contributed by atoms with E-state index in [9.17, 15) is 14.7 Å². The maximum atomic E-state index is 12.6. The Morgan fingerprint density at radius 2 is 1.63 bits per heavy atom. The standard InChI is InChI=1S/C22H22O8/c1-13(23)27-22-17(24)19(29-20(25)14-8-4-2-5-9-14)18-16(28-22)12-26-21(30-18)15-10-6-3-7-11-15/h2-11,16-19,21-22,24H,12H2,1H3/t16-,17-,18-,19-,21?,22+/m1/s1. The van der Waals surface area contributed by atoms with E-state index < -0.39 is 48.9 Å². The number of aliphatic hydroxyl groups is 1. The zero-order valence-corrected chi connectivity index (χ0v) is 16.2. The maximum absolute atomic E-state index is 12.6. The van der Waals surface area contributed by atoms with Crippen LogP contribution in [-0.4, -0.2) is 54.4 Å². The van der Waals surface area contributed by atoms with E-state index in [-0.39, 0.29) is 6.61 Å². The predicted octanol–water partition coefficient (Wildman–Crippen LogP) is 1.98. The first-order chi connectivity index (χ1) is 14.5. The molecule has 0 aromatic heterocycles. The van der Waals surface area contributed by atoms with Crippen LogP contribution in [-0.2, 0) is 28.5 Å². The van der Waals surface area contributed by atoms with Gasteiger partial charge in [-0.2, -0.15) is 0 Å². The number of benzene rings is 2. The van der Waals surface area contributed by atoms with Crippen LogP contribution in [0.4, 0.5) is 0 Å². The van der Waals surface area contributed by atoms with E-state index in [1.54, 1.807) is 30.3 Å². The second-order valence-electron chi connectivity index (χ2n) is 7.06. The molecule has 8 nitrogen and oxygen atoms in total. The highest BCUT2D eigenvalue weighted by Crippen LogP contribution is 2.35. The van der Waals surface area contributed by atoms with E-state index in [1.807, 2.05) is 30.3 Å². The molecule has 0 aliphatic carbocycles. The van der Waals surface area contributed by atoms with Crippen LogP contribution in [0.3, 0.4) is 0 Å². The molecule has 0 saturated carbocycles. The van der Waals surface area contributed by atoms with Gasteiger partial charge in [0, 0.05) is 12.5 Å². The number of carbonyl (C=O) groups excluding carboxylic acids is 2. The van der Waals surface area contributed by atoms with E-state index in [4.69, 9.17) is 23.7 Å². The quantitative estimate of drug-likeness (QED) is 0.758. The third-order valence-electron chi connectivity index (χ3n) is 4.91. The lowest BCUT2D eigenvalue weighted by molar-refractivity contribution is -0.354. The molecule has 2 aliphatic rings. The van der Waals surface area contributed by atoms with Crippen LogP contribution in [0.2, 0.25) is 0 Å². The highest BCUT2D eigenvalue weighted by Gasteiger charge is 2.52. The molecule has 2 aliphatic heterocycles. The number of aliphatic hydroxyl groups excluding tert-OH is 1. The van der Waals surface area contributed by atoms with Crippen LogP contribution >= 0.6 is 0 Å². The Hall–Kier alpha value is -2.78. The first-order valence-electron chi connectivity index (χ1n) is 9.61. The van der Waals surface area contributed by atoms with Gasteiger partial charge in [0.25, 0.3) is 0 Å². The van der Waals surface area contributed by atoms with Crippen molar-refractivity contribution in [2.75, 3.05) is 6.61 Å². The van der Waals surface area contributed by atoms with Crippen molar-refractivity contribution < 1.29 is 38.4 Å². The van der Waals surface area contributed by atoms with E-state index in [1.165, 1.54) is 6.92 Å². The summed E-state index contributed by atoms with van der Waals surface area (Å²) in [6.45, 7) is 1.31. The predicted molar refractivity (Wildman–Crippen MR) is 102 cm³/mol. The largest absolute Gasteiger partial charge is 0.453 e. The number of esters is 2. The fourth-order valence-corrected chi connectivity index (χ4v) is 3.50. The van der Waals surface area contributed by atoms with Crippen molar-refractivity contribution in [1.29, 1.82) is 0 Å². The number of hydrogen-bond acceptors (Lipinski definition) is 8. The summed E-state index contributed by atoms with van der Waals surface area (Å²) >= 11 is 0. The van der Waals surface area contributed by atoms with Gasteiger partial charge in [-0.3, -0.25) is 4.79 Å². The lowest BCUT2D eigenvalue weighted by Gasteiger charge is -2.46. The van der Waals surface area contributed by atoms with Gasteiger partial charge in [-0.15, -0.1) is 0 Å². The van der Waals surface area contributed by atoms with Gasteiger partial charge >= 0.3 is 11.9 Å². The van der Waals surface area contributed by atoms with Gasteiger partial charge in [-0.05, 0) is 12.1 Å². The molecule has 30 heavy (non-hydrogen) atoms. The SMILES string of the molecule is CC(=O)O[C@H]1O[C@@H]2COC(c3ccccc3)O[C@H]2[C@H](OC(=O)c2ccccc2)[C@H]1O. The zero-order valence-electron chi connectivity index (χ0n) is 16.2. The Bertz CT molecular complexity index is 871. The van der Waals surface area contributed by atoms with Crippen molar-refractivity contribution in [3.8, 4) is 0 Å². The van der Waals surface area contributed by atoms with Gasteiger partial charge in [0.15, 0.2) is 18.5 Å². The van der Waals surface area contributed by atoms with Crippen molar-refractivity contribution in [2.24, 2.45) is 0 Å². The number of hydrogen-bond donors (Lipinski definition) is 1. The minimum absolute atomic E-state index is 0.105. The molecule has 1 unspecified atom stereocenters. The summed E-state index contributed by atoms with van der Waals surface area (Å²) in [5, 5.41) is 10.8. The van der Waals surface area contributed by atoms with Gasteiger partial charge in [0.1, 0.15) is 12.2 Å². The Kier molecular flexibility index (Phi) is 6.10. The summed E-state index contributed by atoms with van der Waals surface area (Å²) in [5.74, 6) is -1.27. The van der Waals surface area contributed by atoms with Crippen LogP contribution in [0.15, 0.2) is 60.7 Å². The van der Waals surface area contributed by atoms with Crippen molar-refractivity contribution in [3.05, 3.63) is 71.8 Å². The first kappa shape index (κ1) is 20.5. The Labute approximate surface area is 173 Å². The van der Waals surface area contributed by atoms with Gasteiger partial charge in [0.05, 0.1) is 12.2 Å². The molecule has 2 saturated heterocycles. The molecule has 0 radical (unpaired) electrons. The molecule has 2 aromatic rings. The smallest absolute Gasteiger partial charge is 0.338 e. The monoisotopic (exact) mass is 414 g/mol. The molecular formula is C22H22O8. The van der Waals surface area contributed by atoms with Crippen LogP contribution in [0.1, 0.15) is 29.1 Å². The van der Waals surface area contributed by atoms with Gasteiger partial charge in [-0.25, -0.2) is 4.79 Å². The molecule has 158 valence electrons. The lowest BCUT2D eigenvalue weighted by Crippen LogP contribution is -2.63. The van der Waals surface area contributed by atoms with Gasteiger partial charge in [-0.1, -0.05) is 48.5 Å². The van der Waals surface area contributed by atoms with Crippen LogP contribution in [0.25, 0.3) is 0 Å². The van der Waals surface area contributed by atoms with Crippen molar-refractivity contribution in [2.45, 2.75) is 43.9 Å². The Morgan fingerprint density at radius 1 is 0.967 bits per heavy atom. The fourth-order valence-electron chi connectivity index (χ4n) is 3.50. The van der Waals surface area contributed by atoms with E-state index in [2.05, 4.69) is 0 Å². The van der Waals surface area contributed by atoms with Crippen LogP contribution < -0.4 is 0 Å². The van der Waals surface area contributed by atoms with E-state index in [0.717, 1.165) is 5.56 Å². The highest BCUT2D eigenvalue weighted by atomic mass is 16.8. The summed E-state index contributed by atoms with van der Waals surface area (Å²) in [4.78, 5) is 24.1. The third kappa shape index (κ3) is 4.36. The number of ether oxygens (including phenoxy) is 5. The van der Waals surface area contributed by atoms with Crippen LogP contribution in [0.5, 0.6) is 0 Å². The minimum Gasteiger partial charge on any atom is -0.453 e. The van der Waals surface area contributed by atoms with Gasteiger partial charge < -0.3 is 28.8 Å². The number of fused-ring (bicyclic) bond motifs is 1. The van der Waals surface area contributed by atoms with Crippen molar-refractivity contribution in [1.82, 2.24) is 0 Å². The van der Waals surface area contributed by atoms with E-state index in [0.29, 0.717) is 5.56 Å². The number of carbonyl (C=O) groups is 2. The van der Waals surface area contributed by atoms with Crippen molar-refractivity contribution >= 4 is 11.9 Å². The molecule has 2 heterocycles. The summed E-state index contributed by atoms with van der Waals surface area (Å²) in [7, 11) is 0. The first-order valence-corrected chi connectivity index (χ1v) is 9.61. The van der Waals surface area contributed by atoms with Crippen LogP contribution in [0, 0.1) is 0 Å². The average molecular weight is 414 g/mol. The molecule has 1 N–H and O–H groups in total. The molecule has 0 spiro atoms.